The van der Waals surface area contributed by atoms with Crippen LogP contribution in [0.2, 0.25) is 0 Å². The summed E-state index contributed by atoms with van der Waals surface area (Å²) in [6.45, 7) is 10.6. The lowest BCUT2D eigenvalue weighted by Gasteiger charge is -2.26. The molecule has 0 bridgehead atoms. The van der Waals surface area contributed by atoms with E-state index in [-0.39, 0.29) is 17.0 Å². The molecule has 2 saturated heterocycles. The zero-order valence-corrected chi connectivity index (χ0v) is 19.0. The average Bonchev–Trinajstić information content (AvgIpc) is 3.28. The number of carbonyl (C=O) groups excluding carboxylic acids is 1. The SMILES string of the molecule is CCn1c(N2CCCC2)c(/C=C2\SC(=S)N(CC(C)C)C2=O)c(C)c(C#N)c1=O. The summed E-state index contributed by atoms with van der Waals surface area (Å²) in [7, 11) is 0. The molecule has 0 saturated carbocycles. The Morgan fingerprint density at radius 2 is 1.93 bits per heavy atom. The molecule has 0 unspecified atom stereocenters. The van der Waals surface area contributed by atoms with Crippen LogP contribution in [0, 0.1) is 24.2 Å². The van der Waals surface area contributed by atoms with Crippen molar-refractivity contribution in [2.45, 2.75) is 47.1 Å². The highest BCUT2D eigenvalue weighted by molar-refractivity contribution is 8.26. The molecule has 0 aliphatic carbocycles. The number of aromatic nitrogens is 1. The van der Waals surface area contributed by atoms with Crippen LogP contribution < -0.4 is 10.5 Å². The van der Waals surface area contributed by atoms with Crippen molar-refractivity contribution in [2.75, 3.05) is 24.5 Å². The Labute approximate surface area is 181 Å². The third-order valence-corrected chi connectivity index (χ3v) is 6.64. The number of carbonyl (C=O) groups is 1. The summed E-state index contributed by atoms with van der Waals surface area (Å²) in [5.74, 6) is 1.01. The summed E-state index contributed by atoms with van der Waals surface area (Å²) in [5.41, 5.74) is 1.27. The van der Waals surface area contributed by atoms with Gasteiger partial charge in [0.1, 0.15) is 21.8 Å². The van der Waals surface area contributed by atoms with E-state index in [1.54, 1.807) is 16.4 Å². The molecule has 29 heavy (non-hydrogen) atoms. The van der Waals surface area contributed by atoms with E-state index < -0.39 is 0 Å². The lowest BCUT2D eigenvalue weighted by molar-refractivity contribution is -0.122. The van der Waals surface area contributed by atoms with Gasteiger partial charge in [0, 0.05) is 31.7 Å². The van der Waals surface area contributed by atoms with Gasteiger partial charge in [-0.2, -0.15) is 5.26 Å². The second-order valence-corrected chi connectivity index (χ2v) is 9.45. The maximum Gasteiger partial charge on any atom is 0.270 e. The van der Waals surface area contributed by atoms with Crippen LogP contribution in [0.4, 0.5) is 5.82 Å². The quantitative estimate of drug-likeness (QED) is 0.526. The van der Waals surface area contributed by atoms with Crippen molar-refractivity contribution < 1.29 is 4.79 Å². The number of nitrogens with zero attached hydrogens (tertiary/aromatic N) is 4. The standard InChI is InChI=1S/C21H26N4O2S2/c1-5-24-18(23-8-6-7-9-23)15(14(4)16(11-22)19(24)26)10-17-20(27)25(12-13(2)3)21(28)29-17/h10,13H,5-9,12H2,1-4H3/b17-10-. The van der Waals surface area contributed by atoms with E-state index in [2.05, 4.69) is 11.0 Å². The lowest BCUT2D eigenvalue weighted by Crippen LogP contribution is -2.33. The van der Waals surface area contributed by atoms with Crippen LogP contribution in [-0.4, -0.2) is 39.3 Å². The van der Waals surface area contributed by atoms with E-state index >= 15 is 0 Å². The molecule has 0 aromatic carbocycles. The normalized spacial score (nSPS) is 18.4. The number of thioether (sulfide) groups is 1. The number of hydrogen-bond donors (Lipinski definition) is 0. The first-order chi connectivity index (χ1) is 13.8. The van der Waals surface area contributed by atoms with E-state index in [0.29, 0.717) is 33.8 Å². The van der Waals surface area contributed by atoms with Gasteiger partial charge in [0.2, 0.25) is 0 Å². The maximum absolute atomic E-state index is 13.0. The van der Waals surface area contributed by atoms with Crippen molar-refractivity contribution in [3.63, 3.8) is 0 Å². The molecule has 2 aliphatic rings. The van der Waals surface area contributed by atoms with Crippen molar-refractivity contribution in [1.29, 1.82) is 5.26 Å². The van der Waals surface area contributed by atoms with Crippen molar-refractivity contribution in [2.24, 2.45) is 5.92 Å². The third-order valence-electron chi connectivity index (χ3n) is 5.26. The second-order valence-electron chi connectivity index (χ2n) is 7.78. The van der Waals surface area contributed by atoms with Gasteiger partial charge in [0.25, 0.3) is 11.5 Å². The fourth-order valence-corrected chi connectivity index (χ4v) is 5.12. The Bertz CT molecular complexity index is 982. The van der Waals surface area contributed by atoms with Crippen LogP contribution in [0.1, 0.15) is 50.3 Å². The molecule has 1 aromatic rings. The molecule has 0 radical (unpaired) electrons. The van der Waals surface area contributed by atoms with Gasteiger partial charge in [-0.3, -0.25) is 19.1 Å². The summed E-state index contributed by atoms with van der Waals surface area (Å²) < 4.78 is 2.22. The van der Waals surface area contributed by atoms with E-state index in [0.717, 1.165) is 37.3 Å². The molecule has 0 atom stereocenters. The molecule has 2 aliphatic heterocycles. The van der Waals surface area contributed by atoms with Crippen LogP contribution in [0.3, 0.4) is 0 Å². The summed E-state index contributed by atoms with van der Waals surface area (Å²) in [6.07, 6.45) is 3.95. The third kappa shape index (κ3) is 3.99. The van der Waals surface area contributed by atoms with Crippen LogP contribution >= 0.6 is 24.0 Å². The summed E-state index contributed by atoms with van der Waals surface area (Å²) in [6, 6.07) is 2.07. The minimum Gasteiger partial charge on any atom is -0.357 e. The summed E-state index contributed by atoms with van der Waals surface area (Å²) in [5, 5.41) is 9.60. The number of amides is 1. The van der Waals surface area contributed by atoms with Crippen molar-refractivity contribution in [1.82, 2.24) is 9.47 Å². The van der Waals surface area contributed by atoms with E-state index in [1.807, 2.05) is 26.8 Å². The Morgan fingerprint density at radius 1 is 1.28 bits per heavy atom. The van der Waals surface area contributed by atoms with E-state index in [4.69, 9.17) is 12.2 Å². The number of rotatable bonds is 5. The van der Waals surface area contributed by atoms with Gasteiger partial charge in [-0.15, -0.1) is 0 Å². The van der Waals surface area contributed by atoms with E-state index in [9.17, 15) is 14.9 Å². The summed E-state index contributed by atoms with van der Waals surface area (Å²) in [4.78, 5) is 30.3. The van der Waals surface area contributed by atoms with Crippen LogP contribution in [-0.2, 0) is 11.3 Å². The number of pyridine rings is 1. The summed E-state index contributed by atoms with van der Waals surface area (Å²) >= 11 is 6.72. The molecule has 6 nitrogen and oxygen atoms in total. The van der Waals surface area contributed by atoms with Crippen LogP contribution in [0.25, 0.3) is 6.08 Å². The van der Waals surface area contributed by atoms with Gasteiger partial charge in [-0.1, -0.05) is 37.8 Å². The largest absolute Gasteiger partial charge is 0.357 e. The topological polar surface area (TPSA) is 69.3 Å². The Morgan fingerprint density at radius 3 is 2.48 bits per heavy atom. The molecule has 1 aromatic heterocycles. The predicted molar refractivity (Wildman–Crippen MR) is 122 cm³/mol. The zero-order valence-electron chi connectivity index (χ0n) is 17.3. The molecule has 8 heteroatoms. The van der Waals surface area contributed by atoms with Gasteiger partial charge in [0.05, 0.1) is 4.91 Å². The van der Waals surface area contributed by atoms with Crippen molar-refractivity contribution in [3.8, 4) is 6.07 Å². The molecular formula is C21H26N4O2S2. The van der Waals surface area contributed by atoms with Crippen molar-refractivity contribution in [3.05, 3.63) is 31.9 Å². The molecular weight excluding hydrogens is 404 g/mol. The minimum atomic E-state index is -0.265. The second kappa shape index (κ2) is 8.72. The highest BCUT2D eigenvalue weighted by Gasteiger charge is 2.33. The average molecular weight is 431 g/mol. The van der Waals surface area contributed by atoms with E-state index in [1.165, 1.54) is 11.8 Å². The molecule has 154 valence electrons. The van der Waals surface area contributed by atoms with Gasteiger partial charge >= 0.3 is 0 Å². The molecule has 3 rings (SSSR count). The smallest absolute Gasteiger partial charge is 0.270 e. The molecule has 2 fully saturated rings. The number of thiocarbonyl (C=S) groups is 1. The van der Waals surface area contributed by atoms with Crippen LogP contribution in [0.5, 0.6) is 0 Å². The lowest BCUT2D eigenvalue weighted by atomic mass is 10.0. The monoisotopic (exact) mass is 430 g/mol. The first-order valence-electron chi connectivity index (χ1n) is 9.97. The highest BCUT2D eigenvalue weighted by Crippen LogP contribution is 2.36. The molecule has 0 N–H and O–H groups in total. The van der Waals surface area contributed by atoms with Gasteiger partial charge < -0.3 is 4.90 Å². The fourth-order valence-electron chi connectivity index (χ4n) is 3.86. The number of hydrogen-bond acceptors (Lipinski definition) is 6. The number of nitriles is 1. The maximum atomic E-state index is 13.0. The van der Waals surface area contributed by atoms with Gasteiger partial charge in [-0.05, 0) is 44.2 Å². The first-order valence-corrected chi connectivity index (χ1v) is 11.2. The first kappa shape index (κ1) is 21.6. The zero-order chi connectivity index (χ0) is 21.3. The highest BCUT2D eigenvalue weighted by atomic mass is 32.2. The molecule has 1 amide bonds. The number of anilines is 1. The molecule has 3 heterocycles. The van der Waals surface area contributed by atoms with Crippen LogP contribution in [0.15, 0.2) is 9.70 Å². The van der Waals surface area contributed by atoms with Gasteiger partial charge in [-0.25, -0.2) is 0 Å². The Balaban J connectivity index is 2.20. The van der Waals surface area contributed by atoms with Crippen molar-refractivity contribution >= 4 is 46.1 Å². The Hall–Kier alpha value is -2.11. The Kier molecular flexibility index (Phi) is 6.49. The predicted octanol–water partition coefficient (Wildman–Crippen LogP) is 3.51. The fraction of sp³-hybridized carbons (Fsp3) is 0.524. The minimum absolute atomic E-state index is 0.103. The molecule has 0 spiro atoms. The van der Waals surface area contributed by atoms with Gasteiger partial charge in [0.15, 0.2) is 0 Å².